The summed E-state index contributed by atoms with van der Waals surface area (Å²) in [5, 5.41) is 8.76. The number of carbonyl (C=O) groups is 1. The van der Waals surface area contributed by atoms with Gasteiger partial charge in [-0.05, 0) is 12.8 Å². The van der Waals surface area contributed by atoms with Gasteiger partial charge in [-0.2, -0.15) is 0 Å². The predicted molar refractivity (Wildman–Crippen MR) is 54.6 cm³/mol. The van der Waals surface area contributed by atoms with Crippen LogP contribution < -0.4 is 5.73 Å². The molecule has 0 spiro atoms. The maximum atomic E-state index is 10.7. The predicted octanol–water partition coefficient (Wildman–Crippen LogP) is 1.41. The fraction of sp³-hybridized carbons (Fsp3) is 0.500. The first kappa shape index (κ1) is 9.89. The number of carboxylic acid groups (broad SMARTS) is 1. The fourth-order valence-corrected chi connectivity index (χ4v) is 1.95. The van der Waals surface area contributed by atoms with Gasteiger partial charge in [0.2, 0.25) is 0 Å². The van der Waals surface area contributed by atoms with Crippen LogP contribution in [0.4, 0.5) is 5.82 Å². The second-order valence-electron chi connectivity index (χ2n) is 3.81. The van der Waals surface area contributed by atoms with E-state index in [0.29, 0.717) is 11.7 Å². The largest absolute Gasteiger partial charge is 0.477 e. The number of anilines is 1. The Morgan fingerprint density at radius 1 is 1.47 bits per heavy atom. The number of hydrogen-bond acceptors (Lipinski definition) is 4. The van der Waals surface area contributed by atoms with Crippen LogP contribution in [0.15, 0.2) is 6.20 Å². The lowest BCUT2D eigenvalue weighted by Gasteiger charge is -2.08. The Balaban J connectivity index is 2.28. The van der Waals surface area contributed by atoms with E-state index in [9.17, 15) is 4.79 Å². The van der Waals surface area contributed by atoms with Crippen molar-refractivity contribution in [1.29, 1.82) is 0 Å². The molecule has 3 N–H and O–H groups in total. The van der Waals surface area contributed by atoms with Gasteiger partial charge in [-0.1, -0.05) is 12.8 Å². The van der Waals surface area contributed by atoms with Crippen LogP contribution >= 0.6 is 0 Å². The maximum Gasteiger partial charge on any atom is 0.341 e. The average molecular weight is 207 g/mol. The number of nitrogens with zero attached hydrogens (tertiary/aromatic N) is 2. The fourth-order valence-electron chi connectivity index (χ4n) is 1.95. The number of rotatable bonds is 2. The monoisotopic (exact) mass is 207 g/mol. The van der Waals surface area contributed by atoms with Gasteiger partial charge in [0.05, 0.1) is 0 Å². The molecule has 0 radical (unpaired) electrons. The SMILES string of the molecule is Nc1nc(C2CCCC2)ncc1C(=O)O. The molecule has 2 rings (SSSR count). The Morgan fingerprint density at radius 2 is 2.13 bits per heavy atom. The van der Waals surface area contributed by atoms with Crippen molar-refractivity contribution in [2.24, 2.45) is 0 Å². The highest BCUT2D eigenvalue weighted by Crippen LogP contribution is 2.32. The zero-order valence-electron chi connectivity index (χ0n) is 8.31. The summed E-state index contributed by atoms with van der Waals surface area (Å²) < 4.78 is 0. The minimum absolute atomic E-state index is 0.0169. The molecule has 0 atom stereocenters. The molecule has 1 aliphatic carbocycles. The highest BCUT2D eigenvalue weighted by Gasteiger charge is 2.21. The molecule has 0 amide bonds. The summed E-state index contributed by atoms with van der Waals surface area (Å²) in [5.74, 6) is 0.0371. The summed E-state index contributed by atoms with van der Waals surface area (Å²) in [7, 11) is 0. The van der Waals surface area contributed by atoms with Crippen molar-refractivity contribution in [3.8, 4) is 0 Å². The molecule has 1 heterocycles. The van der Waals surface area contributed by atoms with Gasteiger partial charge in [0.15, 0.2) is 0 Å². The minimum atomic E-state index is -1.08. The van der Waals surface area contributed by atoms with Crippen LogP contribution in [0.1, 0.15) is 47.8 Å². The zero-order valence-corrected chi connectivity index (χ0v) is 8.31. The molecule has 0 saturated heterocycles. The molecule has 1 saturated carbocycles. The van der Waals surface area contributed by atoms with Gasteiger partial charge in [-0.15, -0.1) is 0 Å². The van der Waals surface area contributed by atoms with Gasteiger partial charge >= 0.3 is 5.97 Å². The molecule has 5 heteroatoms. The van der Waals surface area contributed by atoms with Crippen molar-refractivity contribution in [2.75, 3.05) is 5.73 Å². The molecule has 1 aliphatic rings. The first-order valence-electron chi connectivity index (χ1n) is 5.04. The number of hydrogen-bond donors (Lipinski definition) is 2. The van der Waals surface area contributed by atoms with Crippen LogP contribution in [-0.4, -0.2) is 21.0 Å². The van der Waals surface area contributed by atoms with Gasteiger partial charge in [-0.25, -0.2) is 14.8 Å². The summed E-state index contributed by atoms with van der Waals surface area (Å²) in [4.78, 5) is 18.8. The van der Waals surface area contributed by atoms with Crippen molar-refractivity contribution < 1.29 is 9.90 Å². The van der Waals surface area contributed by atoms with Crippen molar-refractivity contribution >= 4 is 11.8 Å². The molecular formula is C10H13N3O2. The molecule has 5 nitrogen and oxygen atoms in total. The minimum Gasteiger partial charge on any atom is -0.477 e. The van der Waals surface area contributed by atoms with Gasteiger partial charge in [0.1, 0.15) is 17.2 Å². The molecule has 0 unspecified atom stereocenters. The first-order valence-corrected chi connectivity index (χ1v) is 5.04. The average Bonchev–Trinajstić information content (AvgIpc) is 2.69. The number of nitrogens with two attached hydrogens (primary N) is 1. The summed E-state index contributed by atoms with van der Waals surface area (Å²) in [6, 6.07) is 0. The van der Waals surface area contributed by atoms with E-state index in [2.05, 4.69) is 9.97 Å². The van der Waals surface area contributed by atoms with Crippen molar-refractivity contribution in [1.82, 2.24) is 9.97 Å². The van der Waals surface area contributed by atoms with Gasteiger partial charge in [-0.3, -0.25) is 0 Å². The van der Waals surface area contributed by atoms with Crippen molar-refractivity contribution in [2.45, 2.75) is 31.6 Å². The van der Waals surface area contributed by atoms with Crippen molar-refractivity contribution in [3.63, 3.8) is 0 Å². The smallest absolute Gasteiger partial charge is 0.341 e. The lowest BCUT2D eigenvalue weighted by Crippen LogP contribution is -2.09. The van der Waals surface area contributed by atoms with Crippen LogP contribution in [0.5, 0.6) is 0 Å². The summed E-state index contributed by atoms with van der Waals surface area (Å²) in [6.45, 7) is 0. The number of aromatic carboxylic acids is 1. The Hall–Kier alpha value is -1.65. The molecule has 0 bridgehead atoms. The Kier molecular flexibility index (Phi) is 2.53. The van der Waals surface area contributed by atoms with Crippen LogP contribution in [0, 0.1) is 0 Å². The van der Waals surface area contributed by atoms with E-state index in [0.717, 1.165) is 12.8 Å². The molecule has 1 aromatic heterocycles. The van der Waals surface area contributed by atoms with E-state index in [4.69, 9.17) is 10.8 Å². The maximum absolute atomic E-state index is 10.7. The normalized spacial score (nSPS) is 16.8. The van der Waals surface area contributed by atoms with E-state index >= 15 is 0 Å². The van der Waals surface area contributed by atoms with Gasteiger partial charge in [0, 0.05) is 12.1 Å². The first-order chi connectivity index (χ1) is 7.18. The van der Waals surface area contributed by atoms with Crippen LogP contribution in [-0.2, 0) is 0 Å². The van der Waals surface area contributed by atoms with Gasteiger partial charge < -0.3 is 10.8 Å². The van der Waals surface area contributed by atoms with Gasteiger partial charge in [0.25, 0.3) is 0 Å². The summed E-state index contributed by atoms with van der Waals surface area (Å²) in [6.07, 6.45) is 5.83. The molecular weight excluding hydrogens is 194 g/mol. The quantitative estimate of drug-likeness (QED) is 0.765. The van der Waals surface area contributed by atoms with E-state index in [-0.39, 0.29) is 11.4 Å². The Labute approximate surface area is 87.4 Å². The molecule has 1 fully saturated rings. The van der Waals surface area contributed by atoms with E-state index in [1.165, 1.54) is 19.0 Å². The zero-order chi connectivity index (χ0) is 10.8. The lowest BCUT2D eigenvalue weighted by molar-refractivity contribution is 0.0697. The third-order valence-corrected chi connectivity index (χ3v) is 2.79. The molecule has 15 heavy (non-hydrogen) atoms. The second-order valence-corrected chi connectivity index (χ2v) is 3.81. The van der Waals surface area contributed by atoms with E-state index in [1.807, 2.05) is 0 Å². The molecule has 80 valence electrons. The number of nitrogen functional groups attached to an aromatic ring is 1. The third-order valence-electron chi connectivity index (χ3n) is 2.79. The van der Waals surface area contributed by atoms with E-state index < -0.39 is 5.97 Å². The number of aromatic nitrogens is 2. The third kappa shape index (κ3) is 1.91. The molecule has 1 aromatic rings. The highest BCUT2D eigenvalue weighted by atomic mass is 16.4. The summed E-state index contributed by atoms with van der Waals surface area (Å²) in [5.41, 5.74) is 5.54. The molecule has 0 aromatic carbocycles. The standard InChI is InChI=1S/C10H13N3O2/c11-8-7(10(14)15)5-12-9(13-8)6-3-1-2-4-6/h5-6H,1-4H2,(H,14,15)(H2,11,12,13). The Morgan fingerprint density at radius 3 is 2.67 bits per heavy atom. The topological polar surface area (TPSA) is 89.1 Å². The number of carboxylic acids is 1. The lowest BCUT2D eigenvalue weighted by atomic mass is 10.1. The van der Waals surface area contributed by atoms with Crippen molar-refractivity contribution in [3.05, 3.63) is 17.6 Å². The van der Waals surface area contributed by atoms with Crippen LogP contribution in [0.2, 0.25) is 0 Å². The summed E-state index contributed by atoms with van der Waals surface area (Å²) >= 11 is 0. The van der Waals surface area contributed by atoms with Crippen LogP contribution in [0.3, 0.4) is 0 Å². The second kappa shape index (κ2) is 3.84. The Bertz CT molecular complexity index is 386. The molecule has 0 aliphatic heterocycles. The highest BCUT2D eigenvalue weighted by molar-refractivity contribution is 5.92. The van der Waals surface area contributed by atoms with E-state index in [1.54, 1.807) is 0 Å². The van der Waals surface area contributed by atoms with Crippen LogP contribution in [0.25, 0.3) is 0 Å².